The molecule has 0 aliphatic carbocycles. The number of aliphatic carboxylic acids is 1. The third-order valence-electron chi connectivity index (χ3n) is 7.37. The lowest BCUT2D eigenvalue weighted by atomic mass is 9.86. The standard InChI is InChI=1S/C33H38N2O7/c36-28-17-15-26(27-16-18-30(38)35-31(27)28)29(37)22-34-19-8-3-1-2-4-9-20-42-25-14-10-13-24(21-25)33(41,32(39)40)23-11-6-5-7-12-23/h5-7,10-18,21,29,34,36-37,41H,1-4,8-9,19-20,22H2,(H,35,38)(H,39,40). The average molecular weight is 575 g/mol. The van der Waals surface area contributed by atoms with Crippen LogP contribution in [-0.2, 0) is 10.4 Å². The summed E-state index contributed by atoms with van der Waals surface area (Å²) in [6, 6.07) is 21.1. The monoisotopic (exact) mass is 574 g/mol. The van der Waals surface area contributed by atoms with Gasteiger partial charge in [0.15, 0.2) is 0 Å². The maximum Gasteiger partial charge on any atom is 0.345 e. The molecule has 42 heavy (non-hydrogen) atoms. The average Bonchev–Trinajstić information content (AvgIpc) is 3.00. The van der Waals surface area contributed by atoms with Gasteiger partial charge in [-0.15, -0.1) is 0 Å². The van der Waals surface area contributed by atoms with Crippen molar-refractivity contribution in [2.75, 3.05) is 19.7 Å². The minimum atomic E-state index is -2.16. The molecular weight excluding hydrogens is 536 g/mol. The molecule has 9 nitrogen and oxygen atoms in total. The first kappa shape index (κ1) is 30.8. The lowest BCUT2D eigenvalue weighted by Crippen LogP contribution is -2.36. The molecule has 2 atom stereocenters. The number of aliphatic hydroxyl groups is 2. The second kappa shape index (κ2) is 14.6. The van der Waals surface area contributed by atoms with Gasteiger partial charge in [0, 0.05) is 23.6 Å². The first-order valence-corrected chi connectivity index (χ1v) is 14.3. The number of aromatic hydroxyl groups is 1. The predicted molar refractivity (Wildman–Crippen MR) is 161 cm³/mol. The van der Waals surface area contributed by atoms with E-state index in [0.29, 0.717) is 35.4 Å². The molecule has 1 aromatic heterocycles. The van der Waals surface area contributed by atoms with Crippen LogP contribution in [-0.4, -0.2) is 51.1 Å². The zero-order chi connectivity index (χ0) is 30.0. The van der Waals surface area contributed by atoms with Crippen LogP contribution < -0.4 is 15.6 Å². The molecular formula is C33H38N2O7. The third kappa shape index (κ3) is 7.55. The minimum Gasteiger partial charge on any atom is -0.506 e. The van der Waals surface area contributed by atoms with Gasteiger partial charge in [-0.2, -0.15) is 0 Å². The number of aromatic amines is 1. The summed E-state index contributed by atoms with van der Waals surface area (Å²) in [5, 5.41) is 45.4. The molecule has 2 unspecified atom stereocenters. The van der Waals surface area contributed by atoms with E-state index < -0.39 is 17.7 Å². The molecule has 4 rings (SSSR count). The van der Waals surface area contributed by atoms with Crippen molar-refractivity contribution in [1.82, 2.24) is 10.3 Å². The number of phenolic OH excluding ortho intramolecular Hbond substituents is 1. The van der Waals surface area contributed by atoms with Crippen LogP contribution >= 0.6 is 0 Å². The van der Waals surface area contributed by atoms with Gasteiger partial charge in [0.05, 0.1) is 18.2 Å². The van der Waals surface area contributed by atoms with E-state index in [1.165, 1.54) is 12.1 Å². The Morgan fingerprint density at radius 1 is 0.881 bits per heavy atom. The summed E-state index contributed by atoms with van der Waals surface area (Å²) >= 11 is 0. The number of phenols is 1. The van der Waals surface area contributed by atoms with E-state index in [1.807, 2.05) is 0 Å². The van der Waals surface area contributed by atoms with Crippen LogP contribution in [0.25, 0.3) is 10.9 Å². The fraction of sp³-hybridized carbons (Fsp3) is 0.333. The second-order valence-corrected chi connectivity index (χ2v) is 10.4. The minimum absolute atomic E-state index is 0.0281. The molecule has 0 aliphatic rings. The number of pyridine rings is 1. The fourth-order valence-corrected chi connectivity index (χ4v) is 5.05. The largest absolute Gasteiger partial charge is 0.506 e. The molecule has 222 valence electrons. The number of aromatic nitrogens is 1. The predicted octanol–water partition coefficient (Wildman–Crippen LogP) is 4.60. The highest BCUT2D eigenvalue weighted by Gasteiger charge is 2.40. The number of hydrogen-bond donors (Lipinski definition) is 6. The number of aliphatic hydroxyl groups excluding tert-OH is 1. The highest BCUT2D eigenvalue weighted by molar-refractivity contribution is 5.87. The Hall–Kier alpha value is -4.18. The molecule has 1 heterocycles. The van der Waals surface area contributed by atoms with E-state index in [0.717, 1.165) is 45.1 Å². The topological polar surface area (TPSA) is 152 Å². The smallest absolute Gasteiger partial charge is 0.345 e. The number of ether oxygens (including phenoxy) is 1. The van der Waals surface area contributed by atoms with Gasteiger partial charge in [-0.3, -0.25) is 4.79 Å². The van der Waals surface area contributed by atoms with Gasteiger partial charge in [-0.1, -0.05) is 74.2 Å². The van der Waals surface area contributed by atoms with Gasteiger partial charge in [-0.25, -0.2) is 4.79 Å². The zero-order valence-electron chi connectivity index (χ0n) is 23.5. The number of nitrogens with one attached hydrogen (secondary N) is 2. The molecule has 0 saturated heterocycles. The van der Waals surface area contributed by atoms with Crippen LogP contribution in [0, 0.1) is 0 Å². The van der Waals surface area contributed by atoms with Crippen molar-refractivity contribution < 1.29 is 30.0 Å². The number of hydrogen-bond acceptors (Lipinski definition) is 7. The number of benzene rings is 3. The van der Waals surface area contributed by atoms with Crippen LogP contribution in [0.15, 0.2) is 83.7 Å². The van der Waals surface area contributed by atoms with Crippen LogP contribution in [0.3, 0.4) is 0 Å². The first-order chi connectivity index (χ1) is 20.3. The Morgan fingerprint density at radius 3 is 2.36 bits per heavy atom. The lowest BCUT2D eigenvalue weighted by Gasteiger charge is -2.25. The number of carboxylic acid groups (broad SMARTS) is 1. The van der Waals surface area contributed by atoms with E-state index in [1.54, 1.807) is 66.7 Å². The molecule has 0 saturated carbocycles. The fourth-order valence-electron chi connectivity index (χ4n) is 5.05. The molecule has 0 bridgehead atoms. The third-order valence-corrected chi connectivity index (χ3v) is 7.37. The summed E-state index contributed by atoms with van der Waals surface area (Å²) in [7, 11) is 0. The lowest BCUT2D eigenvalue weighted by molar-refractivity contribution is -0.155. The molecule has 3 aromatic carbocycles. The first-order valence-electron chi connectivity index (χ1n) is 14.3. The Bertz CT molecular complexity index is 1520. The molecule has 0 fully saturated rings. The quantitative estimate of drug-likeness (QED) is 0.106. The van der Waals surface area contributed by atoms with Crippen molar-refractivity contribution >= 4 is 16.9 Å². The van der Waals surface area contributed by atoms with Crippen LogP contribution in [0.5, 0.6) is 11.5 Å². The molecule has 0 amide bonds. The number of unbranched alkanes of at least 4 members (excludes halogenated alkanes) is 5. The molecule has 4 aromatic rings. The Morgan fingerprint density at radius 2 is 1.60 bits per heavy atom. The number of rotatable bonds is 16. The van der Waals surface area contributed by atoms with Crippen molar-refractivity contribution in [2.45, 2.75) is 50.2 Å². The summed E-state index contributed by atoms with van der Waals surface area (Å²) in [5.74, 6) is -0.855. The highest BCUT2D eigenvalue weighted by atomic mass is 16.5. The van der Waals surface area contributed by atoms with Crippen molar-refractivity contribution in [3.63, 3.8) is 0 Å². The van der Waals surface area contributed by atoms with E-state index in [9.17, 15) is 30.0 Å². The van der Waals surface area contributed by atoms with Gasteiger partial charge in [0.25, 0.3) is 0 Å². The summed E-state index contributed by atoms with van der Waals surface area (Å²) in [5.41, 5.74) is -0.968. The highest BCUT2D eigenvalue weighted by Crippen LogP contribution is 2.32. The van der Waals surface area contributed by atoms with E-state index >= 15 is 0 Å². The Labute approximate surface area is 244 Å². The van der Waals surface area contributed by atoms with E-state index in [4.69, 9.17) is 4.74 Å². The number of carboxylic acids is 1. The van der Waals surface area contributed by atoms with Gasteiger partial charge in [0.1, 0.15) is 11.5 Å². The summed E-state index contributed by atoms with van der Waals surface area (Å²) in [6.07, 6.45) is 5.29. The van der Waals surface area contributed by atoms with Crippen LogP contribution in [0.4, 0.5) is 0 Å². The van der Waals surface area contributed by atoms with Crippen molar-refractivity contribution in [2.24, 2.45) is 0 Å². The number of fused-ring (bicyclic) bond motifs is 1. The zero-order valence-corrected chi connectivity index (χ0v) is 23.5. The van der Waals surface area contributed by atoms with Gasteiger partial charge in [0.2, 0.25) is 11.2 Å². The van der Waals surface area contributed by atoms with Crippen molar-refractivity contribution in [1.29, 1.82) is 0 Å². The summed E-state index contributed by atoms with van der Waals surface area (Å²) < 4.78 is 5.85. The Kier molecular flexibility index (Phi) is 10.7. The molecule has 6 N–H and O–H groups in total. The number of H-pyrrole nitrogens is 1. The molecule has 0 spiro atoms. The Balaban J connectivity index is 1.11. The number of carbonyl (C=O) groups is 1. The van der Waals surface area contributed by atoms with E-state index in [2.05, 4.69) is 10.3 Å². The van der Waals surface area contributed by atoms with Crippen molar-refractivity contribution in [3.8, 4) is 11.5 Å². The van der Waals surface area contributed by atoms with Gasteiger partial charge < -0.3 is 35.5 Å². The molecule has 0 aliphatic heterocycles. The normalized spacial score (nSPS) is 13.5. The van der Waals surface area contributed by atoms with Gasteiger partial charge in [-0.05, 0) is 54.8 Å². The summed E-state index contributed by atoms with van der Waals surface area (Å²) in [6.45, 7) is 1.64. The second-order valence-electron chi connectivity index (χ2n) is 10.4. The molecule has 0 radical (unpaired) electrons. The van der Waals surface area contributed by atoms with Crippen LogP contribution in [0.2, 0.25) is 0 Å². The maximum absolute atomic E-state index is 12.0. The van der Waals surface area contributed by atoms with Crippen LogP contribution in [0.1, 0.15) is 61.3 Å². The summed E-state index contributed by atoms with van der Waals surface area (Å²) in [4.78, 5) is 26.2. The SMILES string of the molecule is O=C(O)C(O)(c1ccccc1)c1cccc(OCCCCCCCCNCC(O)c2ccc(O)c3[nH]c(=O)ccc23)c1. The molecule has 9 heteroatoms. The van der Waals surface area contributed by atoms with E-state index in [-0.39, 0.29) is 22.4 Å². The van der Waals surface area contributed by atoms with Crippen molar-refractivity contribution in [3.05, 3.63) is 106 Å². The van der Waals surface area contributed by atoms with Gasteiger partial charge >= 0.3 is 5.97 Å². The maximum atomic E-state index is 12.0.